The first kappa shape index (κ1) is 10.9. The zero-order valence-electron chi connectivity index (χ0n) is 9.60. The summed E-state index contributed by atoms with van der Waals surface area (Å²) in [5, 5.41) is 6.16. The van der Waals surface area contributed by atoms with E-state index in [0.717, 1.165) is 11.1 Å². The smallest absolute Gasteiger partial charge is 0.273 e. The average molecular weight is 258 g/mol. The second-order valence-electron chi connectivity index (χ2n) is 3.87. The Bertz CT molecular complexity index is 683. The summed E-state index contributed by atoms with van der Waals surface area (Å²) in [6.07, 6.45) is 1.69. The maximum atomic E-state index is 12.0. The molecule has 3 rings (SSSR count). The van der Waals surface area contributed by atoms with Crippen molar-refractivity contribution in [3.05, 3.63) is 41.2 Å². The molecule has 5 nitrogen and oxygen atoms in total. The van der Waals surface area contributed by atoms with Gasteiger partial charge in [0, 0.05) is 17.0 Å². The molecule has 0 aliphatic heterocycles. The van der Waals surface area contributed by atoms with Crippen LogP contribution in [0.5, 0.6) is 0 Å². The number of H-pyrrole nitrogens is 1. The second kappa shape index (κ2) is 4.23. The minimum Gasteiger partial charge on any atom is -0.335 e. The van der Waals surface area contributed by atoms with Gasteiger partial charge in [-0.2, -0.15) is 0 Å². The van der Waals surface area contributed by atoms with Crippen molar-refractivity contribution in [3.63, 3.8) is 0 Å². The molecule has 18 heavy (non-hydrogen) atoms. The van der Waals surface area contributed by atoms with Crippen LogP contribution in [0.2, 0.25) is 0 Å². The summed E-state index contributed by atoms with van der Waals surface area (Å²) < 4.78 is 0. The average Bonchev–Trinajstić information content (AvgIpc) is 2.95. The zero-order valence-corrected chi connectivity index (χ0v) is 10.4. The number of amides is 1. The Balaban J connectivity index is 1.87. The van der Waals surface area contributed by atoms with Crippen molar-refractivity contribution in [2.24, 2.45) is 0 Å². The number of pyridine rings is 1. The van der Waals surface area contributed by atoms with E-state index in [0.29, 0.717) is 16.5 Å². The molecule has 0 aliphatic carbocycles. The van der Waals surface area contributed by atoms with Crippen LogP contribution in [0, 0.1) is 6.92 Å². The molecule has 1 amide bonds. The van der Waals surface area contributed by atoms with Gasteiger partial charge in [0.1, 0.15) is 11.3 Å². The van der Waals surface area contributed by atoms with Crippen LogP contribution in [0.1, 0.15) is 16.2 Å². The molecule has 2 N–H and O–H groups in total. The molecule has 0 atom stereocenters. The number of aryl methyl sites for hydroxylation is 1. The van der Waals surface area contributed by atoms with Gasteiger partial charge in [-0.25, -0.2) is 9.97 Å². The third kappa shape index (κ3) is 1.98. The number of hydrogen-bond acceptors (Lipinski definition) is 4. The van der Waals surface area contributed by atoms with E-state index in [1.807, 2.05) is 24.4 Å². The van der Waals surface area contributed by atoms with E-state index < -0.39 is 0 Å². The van der Waals surface area contributed by atoms with Crippen LogP contribution >= 0.6 is 11.3 Å². The summed E-state index contributed by atoms with van der Waals surface area (Å²) in [4.78, 5) is 23.3. The van der Waals surface area contributed by atoms with Crippen molar-refractivity contribution in [2.45, 2.75) is 6.92 Å². The van der Waals surface area contributed by atoms with Gasteiger partial charge in [0.25, 0.3) is 5.91 Å². The predicted molar refractivity (Wildman–Crippen MR) is 70.9 cm³/mol. The number of nitrogens with zero attached hydrogens (tertiary/aromatic N) is 2. The molecule has 0 spiro atoms. The molecule has 90 valence electrons. The van der Waals surface area contributed by atoms with Gasteiger partial charge in [-0.15, -0.1) is 11.3 Å². The number of aromatic nitrogens is 3. The number of thiazole rings is 1. The van der Waals surface area contributed by atoms with E-state index in [4.69, 9.17) is 0 Å². The molecule has 0 unspecified atom stereocenters. The fourth-order valence-electron chi connectivity index (χ4n) is 1.66. The zero-order chi connectivity index (χ0) is 12.5. The highest BCUT2D eigenvalue weighted by Gasteiger charge is 2.11. The fourth-order valence-corrected chi connectivity index (χ4v) is 2.34. The van der Waals surface area contributed by atoms with Gasteiger partial charge < -0.3 is 4.98 Å². The second-order valence-corrected chi connectivity index (χ2v) is 4.73. The molecule has 6 heteroatoms. The van der Waals surface area contributed by atoms with Gasteiger partial charge >= 0.3 is 0 Å². The number of hydrogen-bond donors (Lipinski definition) is 2. The van der Waals surface area contributed by atoms with E-state index in [-0.39, 0.29) is 5.91 Å². The van der Waals surface area contributed by atoms with Gasteiger partial charge in [-0.1, -0.05) is 0 Å². The molecule has 0 aromatic carbocycles. The SMILES string of the molecule is Cc1csc(NC(=O)c2cc3cccnc3[nH]2)n1. The molecule has 3 aromatic rings. The Morgan fingerprint density at radius 1 is 1.50 bits per heavy atom. The Morgan fingerprint density at radius 2 is 2.39 bits per heavy atom. The molecular formula is C12H10N4OS. The van der Waals surface area contributed by atoms with Gasteiger partial charge in [0.05, 0.1) is 5.69 Å². The lowest BCUT2D eigenvalue weighted by molar-refractivity contribution is 0.102. The molecule has 0 aliphatic rings. The van der Waals surface area contributed by atoms with Crippen molar-refractivity contribution in [1.29, 1.82) is 0 Å². The summed E-state index contributed by atoms with van der Waals surface area (Å²) in [5.74, 6) is -0.206. The van der Waals surface area contributed by atoms with Crippen LogP contribution in [-0.2, 0) is 0 Å². The highest BCUT2D eigenvalue weighted by atomic mass is 32.1. The van der Waals surface area contributed by atoms with Crippen molar-refractivity contribution >= 4 is 33.4 Å². The standard InChI is InChI=1S/C12H10N4OS/c1-7-6-18-12(14-7)16-11(17)9-5-8-3-2-4-13-10(8)15-9/h2-6H,1H3,(H,13,15)(H,14,16,17). The van der Waals surface area contributed by atoms with Gasteiger partial charge in [-0.3, -0.25) is 10.1 Å². The van der Waals surface area contributed by atoms with Crippen molar-refractivity contribution in [2.75, 3.05) is 5.32 Å². The minimum absolute atomic E-state index is 0.206. The van der Waals surface area contributed by atoms with Crippen molar-refractivity contribution in [1.82, 2.24) is 15.0 Å². The number of carbonyl (C=O) groups excluding carboxylic acids is 1. The maximum Gasteiger partial charge on any atom is 0.273 e. The number of rotatable bonds is 2. The lowest BCUT2D eigenvalue weighted by Crippen LogP contribution is -2.11. The van der Waals surface area contributed by atoms with Crippen LogP contribution in [0.3, 0.4) is 0 Å². The lowest BCUT2D eigenvalue weighted by Gasteiger charge is -1.97. The van der Waals surface area contributed by atoms with Crippen molar-refractivity contribution < 1.29 is 4.79 Å². The van der Waals surface area contributed by atoms with Crippen LogP contribution in [0.4, 0.5) is 5.13 Å². The van der Waals surface area contributed by atoms with E-state index in [1.54, 1.807) is 12.3 Å². The molecule has 3 aromatic heterocycles. The number of aromatic amines is 1. The number of carbonyl (C=O) groups is 1. The first-order valence-electron chi connectivity index (χ1n) is 5.39. The van der Waals surface area contributed by atoms with Crippen molar-refractivity contribution in [3.8, 4) is 0 Å². The molecule has 3 heterocycles. The van der Waals surface area contributed by atoms with Crippen LogP contribution < -0.4 is 5.32 Å². The number of anilines is 1. The Hall–Kier alpha value is -2.21. The van der Waals surface area contributed by atoms with E-state index in [2.05, 4.69) is 20.3 Å². The largest absolute Gasteiger partial charge is 0.335 e. The maximum absolute atomic E-state index is 12.0. The van der Waals surface area contributed by atoms with Gasteiger partial charge in [-0.05, 0) is 25.1 Å². The van der Waals surface area contributed by atoms with Crippen LogP contribution in [-0.4, -0.2) is 20.9 Å². The molecule has 0 fully saturated rings. The van der Waals surface area contributed by atoms with Crippen LogP contribution in [0.25, 0.3) is 11.0 Å². The summed E-state index contributed by atoms with van der Waals surface area (Å²) in [6.45, 7) is 1.89. The number of fused-ring (bicyclic) bond motifs is 1. The Kier molecular flexibility index (Phi) is 2.56. The third-order valence-corrected chi connectivity index (χ3v) is 3.35. The first-order chi connectivity index (χ1) is 8.72. The van der Waals surface area contributed by atoms with E-state index in [9.17, 15) is 4.79 Å². The molecule has 0 saturated carbocycles. The molecular weight excluding hydrogens is 248 g/mol. The predicted octanol–water partition coefficient (Wildman–Crippen LogP) is 2.58. The first-order valence-corrected chi connectivity index (χ1v) is 6.27. The van der Waals surface area contributed by atoms with Gasteiger partial charge in [0.15, 0.2) is 5.13 Å². The summed E-state index contributed by atoms with van der Waals surface area (Å²) in [7, 11) is 0. The lowest BCUT2D eigenvalue weighted by atomic mass is 10.3. The minimum atomic E-state index is -0.206. The summed E-state index contributed by atoms with van der Waals surface area (Å²) in [6, 6.07) is 5.52. The Morgan fingerprint density at radius 3 is 3.11 bits per heavy atom. The fraction of sp³-hybridized carbons (Fsp3) is 0.0833. The van der Waals surface area contributed by atoms with Gasteiger partial charge in [0.2, 0.25) is 0 Å². The molecule has 0 radical (unpaired) electrons. The topological polar surface area (TPSA) is 70.7 Å². The number of nitrogens with one attached hydrogen (secondary N) is 2. The Labute approximate surface area is 107 Å². The normalized spacial score (nSPS) is 10.7. The summed E-state index contributed by atoms with van der Waals surface area (Å²) >= 11 is 1.41. The molecule has 0 saturated heterocycles. The highest BCUT2D eigenvalue weighted by Crippen LogP contribution is 2.17. The molecule has 0 bridgehead atoms. The highest BCUT2D eigenvalue weighted by molar-refractivity contribution is 7.13. The van der Waals surface area contributed by atoms with Crippen LogP contribution in [0.15, 0.2) is 29.8 Å². The van der Waals surface area contributed by atoms with E-state index >= 15 is 0 Å². The summed E-state index contributed by atoms with van der Waals surface area (Å²) in [5.41, 5.74) is 2.09. The third-order valence-electron chi connectivity index (χ3n) is 2.48. The quantitative estimate of drug-likeness (QED) is 0.742. The monoisotopic (exact) mass is 258 g/mol. The van der Waals surface area contributed by atoms with E-state index in [1.165, 1.54) is 11.3 Å².